The summed E-state index contributed by atoms with van der Waals surface area (Å²) < 4.78 is 7.19. The second-order valence-corrected chi connectivity index (χ2v) is 4.20. The third-order valence-corrected chi connectivity index (χ3v) is 3.52. The highest BCUT2D eigenvalue weighted by Gasteiger charge is 2.03. The molecular weight excluding hydrogens is 298 g/mol. The van der Waals surface area contributed by atoms with Crippen LogP contribution in [0.5, 0.6) is 0 Å². The van der Waals surface area contributed by atoms with E-state index >= 15 is 0 Å². The average Bonchev–Trinajstić information content (AvgIpc) is 2.62. The summed E-state index contributed by atoms with van der Waals surface area (Å²) in [6.07, 6.45) is 3.11. The van der Waals surface area contributed by atoms with E-state index in [-0.39, 0.29) is 0 Å². The van der Waals surface area contributed by atoms with E-state index in [0.717, 1.165) is 20.3 Å². The Labute approximate surface area is 92.2 Å². The van der Waals surface area contributed by atoms with Crippen LogP contribution in [0.4, 0.5) is 0 Å². The maximum Gasteiger partial charge on any atom is 0.181 e. The Morgan fingerprint density at radius 1 is 1.15 bits per heavy atom. The first-order chi connectivity index (χ1) is 6.27. The van der Waals surface area contributed by atoms with Crippen LogP contribution in [0.3, 0.4) is 0 Å². The van der Waals surface area contributed by atoms with Crippen molar-refractivity contribution in [2.45, 2.75) is 0 Å². The minimum Gasteiger partial charge on any atom is -0.444 e. The highest BCUT2D eigenvalue weighted by molar-refractivity contribution is 9.13. The van der Waals surface area contributed by atoms with Crippen LogP contribution in [0.15, 0.2) is 44.2 Å². The fourth-order valence-corrected chi connectivity index (χ4v) is 1.63. The van der Waals surface area contributed by atoms with Crippen LogP contribution in [0.25, 0.3) is 11.3 Å². The third kappa shape index (κ3) is 1.84. The molecule has 2 aromatic rings. The lowest BCUT2D eigenvalue weighted by Crippen LogP contribution is -1.75. The van der Waals surface area contributed by atoms with Crippen LogP contribution in [-0.2, 0) is 0 Å². The molecule has 0 atom stereocenters. The van der Waals surface area contributed by atoms with E-state index in [2.05, 4.69) is 36.8 Å². The highest BCUT2D eigenvalue weighted by Crippen LogP contribution is 2.28. The zero-order valence-corrected chi connectivity index (χ0v) is 9.67. The molecule has 0 fully saturated rings. The molecule has 1 heterocycles. The number of nitrogens with zero attached hydrogens (tertiary/aromatic N) is 1. The summed E-state index contributed by atoms with van der Waals surface area (Å²) in [6.45, 7) is 0. The van der Waals surface area contributed by atoms with Gasteiger partial charge in [-0.1, -0.05) is 0 Å². The predicted molar refractivity (Wildman–Crippen MR) is 57.3 cm³/mol. The molecule has 0 saturated carbocycles. The summed E-state index contributed by atoms with van der Waals surface area (Å²) in [7, 11) is 0. The maximum atomic E-state index is 5.17. The summed E-state index contributed by atoms with van der Waals surface area (Å²) in [6, 6.07) is 5.90. The zero-order valence-electron chi connectivity index (χ0n) is 6.50. The molecule has 0 N–H and O–H groups in total. The number of halogens is 2. The summed E-state index contributed by atoms with van der Waals surface area (Å²) >= 11 is 6.82. The Bertz CT molecular complexity index is 412. The van der Waals surface area contributed by atoms with Crippen molar-refractivity contribution < 1.29 is 4.42 Å². The Morgan fingerprint density at radius 3 is 2.62 bits per heavy atom. The minimum atomic E-state index is 0.771. The van der Waals surface area contributed by atoms with Gasteiger partial charge >= 0.3 is 0 Å². The molecule has 2 rings (SSSR count). The molecule has 1 aromatic carbocycles. The molecule has 0 bridgehead atoms. The molecule has 66 valence electrons. The van der Waals surface area contributed by atoms with Gasteiger partial charge in [0.1, 0.15) is 0 Å². The fraction of sp³-hybridized carbons (Fsp3) is 0. The number of oxazole rings is 1. The van der Waals surface area contributed by atoms with Gasteiger partial charge in [0, 0.05) is 14.5 Å². The molecular formula is C9H5Br2NO. The van der Waals surface area contributed by atoms with Gasteiger partial charge in [0.2, 0.25) is 0 Å². The lowest BCUT2D eigenvalue weighted by molar-refractivity contribution is 0.572. The summed E-state index contributed by atoms with van der Waals surface area (Å²) in [4.78, 5) is 3.86. The van der Waals surface area contributed by atoms with Crippen molar-refractivity contribution >= 4 is 31.9 Å². The number of benzene rings is 1. The Kier molecular flexibility index (Phi) is 2.51. The van der Waals surface area contributed by atoms with Crippen LogP contribution in [0.1, 0.15) is 0 Å². The van der Waals surface area contributed by atoms with E-state index < -0.39 is 0 Å². The Balaban J connectivity index is 2.49. The van der Waals surface area contributed by atoms with Crippen LogP contribution in [0.2, 0.25) is 0 Å². The van der Waals surface area contributed by atoms with E-state index in [1.807, 2.05) is 18.2 Å². The summed E-state index contributed by atoms with van der Waals surface area (Å²) in [5.74, 6) is 0.771. The van der Waals surface area contributed by atoms with Gasteiger partial charge in [-0.05, 0) is 50.1 Å². The van der Waals surface area contributed by atoms with Gasteiger partial charge in [0.25, 0.3) is 0 Å². The summed E-state index contributed by atoms with van der Waals surface area (Å²) in [5, 5.41) is 0. The van der Waals surface area contributed by atoms with E-state index in [9.17, 15) is 0 Å². The zero-order chi connectivity index (χ0) is 9.26. The van der Waals surface area contributed by atoms with E-state index in [4.69, 9.17) is 4.42 Å². The molecule has 4 heteroatoms. The molecule has 0 saturated heterocycles. The molecule has 2 nitrogen and oxygen atoms in total. The van der Waals surface area contributed by atoms with Crippen LogP contribution in [-0.4, -0.2) is 4.98 Å². The van der Waals surface area contributed by atoms with Gasteiger partial charge in [-0.3, -0.25) is 0 Å². The van der Waals surface area contributed by atoms with Gasteiger partial charge in [0.05, 0.1) is 6.20 Å². The quantitative estimate of drug-likeness (QED) is 0.799. The minimum absolute atomic E-state index is 0.771. The molecule has 0 aliphatic heterocycles. The van der Waals surface area contributed by atoms with Gasteiger partial charge in [-0.15, -0.1) is 0 Å². The van der Waals surface area contributed by atoms with Gasteiger partial charge in [-0.25, -0.2) is 4.98 Å². The first kappa shape index (κ1) is 8.97. The summed E-state index contributed by atoms with van der Waals surface area (Å²) in [5.41, 5.74) is 1.01. The molecule has 0 aliphatic carbocycles. The third-order valence-electron chi connectivity index (χ3n) is 1.64. The van der Waals surface area contributed by atoms with Gasteiger partial charge < -0.3 is 4.42 Å². The van der Waals surface area contributed by atoms with Crippen molar-refractivity contribution in [1.82, 2.24) is 4.98 Å². The molecule has 0 unspecified atom stereocenters. The second kappa shape index (κ2) is 3.64. The van der Waals surface area contributed by atoms with Crippen molar-refractivity contribution in [3.63, 3.8) is 0 Å². The first-order valence-corrected chi connectivity index (χ1v) is 5.20. The van der Waals surface area contributed by atoms with Crippen molar-refractivity contribution in [2.24, 2.45) is 0 Å². The Morgan fingerprint density at radius 2 is 2.00 bits per heavy atom. The fourth-order valence-electron chi connectivity index (χ4n) is 1.01. The average molecular weight is 303 g/mol. The van der Waals surface area contributed by atoms with E-state index in [1.54, 1.807) is 6.20 Å². The maximum absolute atomic E-state index is 5.17. The number of hydrogen-bond acceptors (Lipinski definition) is 2. The monoisotopic (exact) mass is 301 g/mol. The normalized spacial score (nSPS) is 10.3. The molecule has 0 radical (unpaired) electrons. The second-order valence-electron chi connectivity index (χ2n) is 2.49. The Hall–Kier alpha value is -0.610. The standard InChI is InChI=1S/C9H5Br2NO/c10-7-2-1-6(3-8(7)11)9-4-12-5-13-9/h1-5H. The lowest BCUT2D eigenvalue weighted by Gasteiger charge is -1.98. The molecule has 1 aromatic heterocycles. The molecule has 13 heavy (non-hydrogen) atoms. The van der Waals surface area contributed by atoms with Gasteiger partial charge in [0.15, 0.2) is 12.2 Å². The number of hydrogen-bond donors (Lipinski definition) is 0. The number of aromatic nitrogens is 1. The smallest absolute Gasteiger partial charge is 0.181 e. The van der Waals surface area contributed by atoms with Crippen molar-refractivity contribution in [3.05, 3.63) is 39.7 Å². The molecule has 0 spiro atoms. The van der Waals surface area contributed by atoms with Gasteiger partial charge in [-0.2, -0.15) is 0 Å². The van der Waals surface area contributed by atoms with Crippen molar-refractivity contribution in [3.8, 4) is 11.3 Å². The predicted octanol–water partition coefficient (Wildman–Crippen LogP) is 3.87. The molecule has 0 aliphatic rings. The molecule has 0 amide bonds. The number of rotatable bonds is 1. The van der Waals surface area contributed by atoms with E-state index in [1.165, 1.54) is 6.39 Å². The SMILES string of the molecule is Brc1ccc(-c2cnco2)cc1Br. The van der Waals surface area contributed by atoms with Crippen LogP contribution >= 0.6 is 31.9 Å². The van der Waals surface area contributed by atoms with Crippen LogP contribution < -0.4 is 0 Å². The highest BCUT2D eigenvalue weighted by atomic mass is 79.9. The van der Waals surface area contributed by atoms with E-state index in [0.29, 0.717) is 0 Å². The van der Waals surface area contributed by atoms with Crippen LogP contribution in [0, 0.1) is 0 Å². The topological polar surface area (TPSA) is 26.0 Å². The lowest BCUT2D eigenvalue weighted by atomic mass is 10.2. The first-order valence-electron chi connectivity index (χ1n) is 3.61. The van der Waals surface area contributed by atoms with Crippen molar-refractivity contribution in [2.75, 3.05) is 0 Å². The largest absolute Gasteiger partial charge is 0.444 e. The van der Waals surface area contributed by atoms with Crippen molar-refractivity contribution in [1.29, 1.82) is 0 Å².